The second-order valence-electron chi connectivity index (χ2n) is 5.48. The second kappa shape index (κ2) is 7.19. The molecular weight excluding hydrogens is 307 g/mol. The molecule has 0 radical (unpaired) electrons. The van der Waals surface area contributed by atoms with E-state index in [1.165, 1.54) is 12.1 Å². The van der Waals surface area contributed by atoms with Crippen molar-refractivity contribution in [1.82, 2.24) is 9.62 Å². The predicted molar refractivity (Wildman–Crippen MR) is 81.2 cm³/mol. The summed E-state index contributed by atoms with van der Waals surface area (Å²) in [4.78, 5) is 13.6. The average molecular weight is 328 g/mol. The van der Waals surface area contributed by atoms with Gasteiger partial charge in [-0.25, -0.2) is 17.5 Å². The maximum Gasteiger partial charge on any atom is 0.240 e. The molecule has 2 rings (SSSR count). The lowest BCUT2D eigenvalue weighted by Crippen LogP contribution is -2.46. The van der Waals surface area contributed by atoms with E-state index in [9.17, 15) is 17.6 Å². The van der Waals surface area contributed by atoms with Crippen molar-refractivity contribution in [2.24, 2.45) is 0 Å². The van der Waals surface area contributed by atoms with Gasteiger partial charge in [-0.15, -0.1) is 0 Å². The van der Waals surface area contributed by atoms with Crippen molar-refractivity contribution >= 4 is 15.9 Å². The summed E-state index contributed by atoms with van der Waals surface area (Å²) in [6, 6.07) is 4.55. The lowest BCUT2D eigenvalue weighted by Gasteiger charge is -2.32. The highest BCUT2D eigenvalue weighted by atomic mass is 32.2. The zero-order valence-electron chi connectivity index (χ0n) is 12.6. The molecule has 0 atom stereocenters. The highest BCUT2D eigenvalue weighted by molar-refractivity contribution is 7.89. The monoisotopic (exact) mass is 328 g/mol. The smallest absolute Gasteiger partial charge is 0.240 e. The van der Waals surface area contributed by atoms with Crippen molar-refractivity contribution in [2.75, 3.05) is 13.1 Å². The summed E-state index contributed by atoms with van der Waals surface area (Å²) in [6.07, 6.45) is 2.54. The molecular formula is C15H21FN2O3S. The molecule has 1 saturated heterocycles. The lowest BCUT2D eigenvalue weighted by molar-refractivity contribution is -0.132. The molecule has 0 aromatic heterocycles. The number of benzene rings is 1. The van der Waals surface area contributed by atoms with E-state index in [2.05, 4.69) is 4.72 Å². The van der Waals surface area contributed by atoms with E-state index in [0.29, 0.717) is 32.4 Å². The molecule has 122 valence electrons. The SMILES string of the molecule is CCCC(=O)N1CCC(NS(=O)(=O)c2ccc(F)cc2)CC1. The van der Waals surface area contributed by atoms with E-state index in [-0.39, 0.29) is 16.8 Å². The third-order valence-electron chi connectivity index (χ3n) is 3.76. The summed E-state index contributed by atoms with van der Waals surface area (Å²) in [5, 5.41) is 0. The fourth-order valence-electron chi connectivity index (χ4n) is 2.52. The van der Waals surface area contributed by atoms with Crippen LogP contribution >= 0.6 is 0 Å². The van der Waals surface area contributed by atoms with E-state index in [0.717, 1.165) is 18.6 Å². The van der Waals surface area contributed by atoms with Crippen molar-refractivity contribution in [1.29, 1.82) is 0 Å². The molecule has 22 heavy (non-hydrogen) atoms. The van der Waals surface area contributed by atoms with Crippen LogP contribution in [-0.4, -0.2) is 38.4 Å². The second-order valence-corrected chi connectivity index (χ2v) is 7.19. The molecule has 1 aliphatic heterocycles. The van der Waals surface area contributed by atoms with Gasteiger partial charge in [-0.2, -0.15) is 0 Å². The molecule has 0 spiro atoms. The Morgan fingerprint density at radius 1 is 1.27 bits per heavy atom. The van der Waals surface area contributed by atoms with Crippen LogP contribution in [0.15, 0.2) is 29.2 Å². The molecule has 0 saturated carbocycles. The van der Waals surface area contributed by atoms with E-state index in [1.54, 1.807) is 4.90 Å². The molecule has 1 aromatic carbocycles. The highest BCUT2D eigenvalue weighted by Crippen LogP contribution is 2.16. The summed E-state index contributed by atoms with van der Waals surface area (Å²) in [5.74, 6) is -0.343. The Hall–Kier alpha value is -1.47. The summed E-state index contributed by atoms with van der Waals surface area (Å²) >= 11 is 0. The van der Waals surface area contributed by atoms with Crippen LogP contribution in [0.1, 0.15) is 32.6 Å². The molecule has 1 N–H and O–H groups in total. The maximum atomic E-state index is 12.9. The Morgan fingerprint density at radius 3 is 2.41 bits per heavy atom. The number of nitrogens with one attached hydrogen (secondary N) is 1. The van der Waals surface area contributed by atoms with E-state index in [1.807, 2.05) is 6.92 Å². The van der Waals surface area contributed by atoms with Gasteiger partial charge in [0.1, 0.15) is 5.82 Å². The number of carbonyl (C=O) groups excluding carboxylic acids is 1. The van der Waals surface area contributed by atoms with Crippen LogP contribution in [0.25, 0.3) is 0 Å². The molecule has 5 nitrogen and oxygen atoms in total. The van der Waals surface area contributed by atoms with Crippen LogP contribution in [0.2, 0.25) is 0 Å². The number of hydrogen-bond donors (Lipinski definition) is 1. The fourth-order valence-corrected chi connectivity index (χ4v) is 3.82. The normalized spacial score (nSPS) is 16.7. The van der Waals surface area contributed by atoms with Gasteiger partial charge in [0.15, 0.2) is 0 Å². The van der Waals surface area contributed by atoms with Gasteiger partial charge >= 0.3 is 0 Å². The quantitative estimate of drug-likeness (QED) is 0.898. The Morgan fingerprint density at radius 2 is 1.86 bits per heavy atom. The number of halogens is 1. The third kappa shape index (κ3) is 4.27. The number of carbonyl (C=O) groups is 1. The standard InChI is InChI=1S/C15H21FN2O3S/c1-2-3-15(19)18-10-8-13(9-11-18)17-22(20,21)14-6-4-12(16)5-7-14/h4-7,13,17H,2-3,8-11H2,1H3. The number of hydrogen-bond acceptors (Lipinski definition) is 3. The van der Waals surface area contributed by atoms with Gasteiger partial charge in [-0.05, 0) is 43.5 Å². The molecule has 1 heterocycles. The first-order chi connectivity index (χ1) is 10.4. The molecule has 1 aromatic rings. The first-order valence-corrected chi connectivity index (χ1v) is 8.96. The largest absolute Gasteiger partial charge is 0.343 e. The first kappa shape index (κ1) is 16.9. The molecule has 7 heteroatoms. The molecule has 0 unspecified atom stereocenters. The number of sulfonamides is 1. The van der Waals surface area contributed by atoms with Gasteiger partial charge in [0.05, 0.1) is 4.90 Å². The Bertz CT molecular complexity index is 608. The van der Waals surface area contributed by atoms with Crippen molar-refractivity contribution in [3.63, 3.8) is 0 Å². The highest BCUT2D eigenvalue weighted by Gasteiger charge is 2.26. The van der Waals surface area contributed by atoms with Crippen LogP contribution in [0.4, 0.5) is 4.39 Å². The minimum atomic E-state index is -3.64. The minimum absolute atomic E-state index is 0.0541. The van der Waals surface area contributed by atoms with Crippen molar-refractivity contribution in [2.45, 2.75) is 43.5 Å². The third-order valence-corrected chi connectivity index (χ3v) is 5.29. The van der Waals surface area contributed by atoms with Crippen molar-refractivity contribution < 1.29 is 17.6 Å². The summed E-state index contributed by atoms with van der Waals surface area (Å²) in [6.45, 7) is 3.09. The van der Waals surface area contributed by atoms with Crippen LogP contribution < -0.4 is 4.72 Å². The number of likely N-dealkylation sites (tertiary alicyclic amines) is 1. The Kier molecular flexibility index (Phi) is 5.52. The Labute approximate surface area is 130 Å². The fraction of sp³-hybridized carbons (Fsp3) is 0.533. The van der Waals surface area contributed by atoms with E-state index < -0.39 is 15.8 Å². The number of nitrogens with zero attached hydrogens (tertiary/aromatic N) is 1. The minimum Gasteiger partial charge on any atom is -0.343 e. The van der Waals surface area contributed by atoms with Crippen LogP contribution in [0.3, 0.4) is 0 Å². The maximum absolute atomic E-state index is 12.9. The van der Waals surface area contributed by atoms with E-state index >= 15 is 0 Å². The van der Waals surface area contributed by atoms with Crippen molar-refractivity contribution in [3.8, 4) is 0 Å². The van der Waals surface area contributed by atoms with Gasteiger partial charge < -0.3 is 4.90 Å². The number of rotatable bonds is 5. The van der Waals surface area contributed by atoms with Crippen LogP contribution in [0.5, 0.6) is 0 Å². The van der Waals surface area contributed by atoms with Crippen LogP contribution in [-0.2, 0) is 14.8 Å². The molecule has 0 bridgehead atoms. The number of amides is 1. The van der Waals surface area contributed by atoms with Gasteiger partial charge in [0.25, 0.3) is 0 Å². The Balaban J connectivity index is 1.92. The predicted octanol–water partition coefficient (Wildman–Crippen LogP) is 1.90. The zero-order chi connectivity index (χ0) is 16.2. The van der Waals surface area contributed by atoms with Crippen LogP contribution in [0, 0.1) is 5.82 Å². The summed E-state index contributed by atoms with van der Waals surface area (Å²) in [7, 11) is -3.64. The zero-order valence-corrected chi connectivity index (χ0v) is 13.4. The summed E-state index contributed by atoms with van der Waals surface area (Å²) in [5.41, 5.74) is 0. The van der Waals surface area contributed by atoms with Crippen molar-refractivity contribution in [3.05, 3.63) is 30.1 Å². The molecule has 0 aliphatic carbocycles. The first-order valence-electron chi connectivity index (χ1n) is 7.48. The molecule has 1 aliphatic rings. The van der Waals surface area contributed by atoms with Gasteiger partial charge in [-0.1, -0.05) is 6.92 Å². The average Bonchev–Trinajstić information content (AvgIpc) is 2.48. The topological polar surface area (TPSA) is 66.5 Å². The lowest BCUT2D eigenvalue weighted by atomic mass is 10.1. The van der Waals surface area contributed by atoms with E-state index in [4.69, 9.17) is 0 Å². The van der Waals surface area contributed by atoms with Gasteiger partial charge in [0, 0.05) is 25.6 Å². The molecule has 1 amide bonds. The number of piperidine rings is 1. The van der Waals surface area contributed by atoms with Gasteiger partial charge in [-0.3, -0.25) is 4.79 Å². The van der Waals surface area contributed by atoms with Gasteiger partial charge in [0.2, 0.25) is 15.9 Å². The summed E-state index contributed by atoms with van der Waals surface area (Å²) < 4.78 is 39.9. The molecule has 1 fully saturated rings.